The van der Waals surface area contributed by atoms with Gasteiger partial charge in [-0.15, -0.1) is 0 Å². The van der Waals surface area contributed by atoms with Crippen LogP contribution in [-0.4, -0.2) is 77.4 Å². The van der Waals surface area contributed by atoms with Crippen LogP contribution < -0.4 is 10.2 Å². The third kappa shape index (κ3) is 4.75. The first kappa shape index (κ1) is 22.2. The zero-order valence-corrected chi connectivity index (χ0v) is 18.9. The van der Waals surface area contributed by atoms with E-state index in [4.69, 9.17) is 0 Å². The topological polar surface area (TPSA) is 81.7 Å². The molecule has 0 saturated carbocycles. The summed E-state index contributed by atoms with van der Waals surface area (Å²) < 4.78 is 0. The Morgan fingerprint density at radius 2 is 1.72 bits per heavy atom. The first-order valence-corrected chi connectivity index (χ1v) is 11.3. The fourth-order valence-corrected chi connectivity index (χ4v) is 4.67. The first-order chi connectivity index (χ1) is 15.5. The highest BCUT2D eigenvalue weighted by molar-refractivity contribution is 5.90. The molecule has 0 aliphatic carbocycles. The van der Waals surface area contributed by atoms with Crippen molar-refractivity contribution in [2.45, 2.75) is 32.4 Å². The van der Waals surface area contributed by atoms with Gasteiger partial charge >= 0.3 is 0 Å². The zero-order chi connectivity index (χ0) is 22.6. The van der Waals surface area contributed by atoms with Crippen molar-refractivity contribution in [3.05, 3.63) is 54.4 Å². The predicted octanol–water partition coefficient (Wildman–Crippen LogP) is 1.54. The fourth-order valence-electron chi connectivity index (χ4n) is 4.67. The second-order valence-electron chi connectivity index (χ2n) is 8.95. The molecule has 8 nitrogen and oxygen atoms in total. The minimum atomic E-state index is -0.487. The lowest BCUT2D eigenvalue weighted by Crippen LogP contribution is -2.63. The Morgan fingerprint density at radius 1 is 1.03 bits per heavy atom. The number of nitrogens with zero attached hydrogens (tertiary/aromatic N) is 5. The molecule has 1 aromatic heterocycles. The van der Waals surface area contributed by atoms with Gasteiger partial charge in [0, 0.05) is 64.1 Å². The van der Waals surface area contributed by atoms with E-state index >= 15 is 0 Å². The molecule has 2 amide bonds. The molecule has 2 aliphatic rings. The Hall–Kier alpha value is -3.00. The van der Waals surface area contributed by atoms with E-state index < -0.39 is 11.5 Å². The van der Waals surface area contributed by atoms with Crippen LogP contribution in [0, 0.1) is 5.41 Å². The minimum Gasteiger partial charge on any atom is -0.357 e. The zero-order valence-electron chi connectivity index (χ0n) is 18.9. The van der Waals surface area contributed by atoms with Crippen LogP contribution in [-0.2, 0) is 16.1 Å². The molecular weight excluding hydrogens is 404 g/mol. The number of amides is 2. The van der Waals surface area contributed by atoms with E-state index in [9.17, 15) is 9.59 Å². The second-order valence-corrected chi connectivity index (χ2v) is 8.95. The predicted molar refractivity (Wildman–Crippen MR) is 123 cm³/mol. The molecule has 2 saturated heterocycles. The van der Waals surface area contributed by atoms with Crippen LogP contribution in [0.1, 0.15) is 25.3 Å². The van der Waals surface area contributed by atoms with Crippen molar-refractivity contribution in [3.8, 4) is 0 Å². The standard InChI is InChI=1S/C24H32N6O2/c1-24(9-13-29(14-10-24)23-26-11-6-12-27-23)22(32)30-16-15-28(18-20(30)21(31)25-2)17-19-7-4-3-5-8-19/h3-8,11-12,20H,9-10,13-18H2,1-2H3,(H,25,31). The summed E-state index contributed by atoms with van der Waals surface area (Å²) in [5, 5.41) is 2.76. The SMILES string of the molecule is CNC(=O)C1CN(Cc2ccccc2)CCN1C(=O)C1(C)CCN(c2ncccn2)CC1. The van der Waals surface area contributed by atoms with Crippen LogP contribution >= 0.6 is 0 Å². The smallest absolute Gasteiger partial charge is 0.243 e. The lowest BCUT2D eigenvalue weighted by molar-refractivity contribution is -0.152. The van der Waals surface area contributed by atoms with E-state index in [0.717, 1.165) is 39.0 Å². The Balaban J connectivity index is 1.43. The van der Waals surface area contributed by atoms with E-state index in [1.807, 2.05) is 30.0 Å². The summed E-state index contributed by atoms with van der Waals surface area (Å²) >= 11 is 0. The number of nitrogens with one attached hydrogen (secondary N) is 1. The van der Waals surface area contributed by atoms with Crippen molar-refractivity contribution < 1.29 is 9.59 Å². The number of rotatable bonds is 5. The summed E-state index contributed by atoms with van der Waals surface area (Å²) in [5.74, 6) is 0.689. The largest absolute Gasteiger partial charge is 0.357 e. The molecule has 170 valence electrons. The number of piperazine rings is 1. The molecule has 1 atom stereocenters. The average molecular weight is 437 g/mol. The van der Waals surface area contributed by atoms with E-state index in [-0.39, 0.29) is 11.8 Å². The molecule has 1 N–H and O–H groups in total. The van der Waals surface area contributed by atoms with Gasteiger partial charge in [-0.1, -0.05) is 37.3 Å². The number of carbonyl (C=O) groups is 2. The number of benzene rings is 1. The first-order valence-electron chi connectivity index (χ1n) is 11.3. The Bertz CT molecular complexity index is 915. The van der Waals surface area contributed by atoms with Crippen molar-refractivity contribution in [1.82, 2.24) is 25.1 Å². The molecule has 1 aromatic carbocycles. The van der Waals surface area contributed by atoms with Crippen molar-refractivity contribution in [2.24, 2.45) is 5.41 Å². The van der Waals surface area contributed by atoms with Gasteiger partial charge in [-0.25, -0.2) is 9.97 Å². The number of anilines is 1. The molecule has 2 fully saturated rings. The van der Waals surface area contributed by atoms with Crippen LogP contribution in [0.25, 0.3) is 0 Å². The van der Waals surface area contributed by atoms with E-state index in [2.05, 4.69) is 37.2 Å². The molecule has 1 unspecified atom stereocenters. The van der Waals surface area contributed by atoms with Crippen LogP contribution in [0.5, 0.6) is 0 Å². The van der Waals surface area contributed by atoms with E-state index in [1.165, 1.54) is 5.56 Å². The molecule has 4 rings (SSSR count). The summed E-state index contributed by atoms with van der Waals surface area (Å²) in [7, 11) is 1.64. The van der Waals surface area contributed by atoms with Gasteiger partial charge in [0.15, 0.2) is 0 Å². The molecule has 3 heterocycles. The third-order valence-electron chi connectivity index (χ3n) is 6.74. The van der Waals surface area contributed by atoms with Gasteiger partial charge in [0.05, 0.1) is 0 Å². The summed E-state index contributed by atoms with van der Waals surface area (Å²) in [4.78, 5) is 41.3. The highest BCUT2D eigenvalue weighted by Gasteiger charge is 2.44. The monoisotopic (exact) mass is 436 g/mol. The van der Waals surface area contributed by atoms with Crippen LogP contribution in [0.15, 0.2) is 48.8 Å². The summed E-state index contributed by atoms with van der Waals surface area (Å²) in [5.41, 5.74) is 0.726. The van der Waals surface area contributed by atoms with Gasteiger partial charge in [-0.05, 0) is 24.5 Å². The fraction of sp³-hybridized carbons (Fsp3) is 0.500. The van der Waals surface area contributed by atoms with Crippen LogP contribution in [0.4, 0.5) is 5.95 Å². The van der Waals surface area contributed by atoms with Gasteiger partial charge in [-0.2, -0.15) is 0 Å². The van der Waals surface area contributed by atoms with Crippen molar-refractivity contribution in [2.75, 3.05) is 44.7 Å². The van der Waals surface area contributed by atoms with Gasteiger partial charge in [0.2, 0.25) is 17.8 Å². The van der Waals surface area contributed by atoms with Gasteiger partial charge < -0.3 is 15.1 Å². The number of hydrogen-bond donors (Lipinski definition) is 1. The van der Waals surface area contributed by atoms with E-state index in [0.29, 0.717) is 19.0 Å². The van der Waals surface area contributed by atoms with Gasteiger partial charge in [0.25, 0.3) is 0 Å². The number of hydrogen-bond acceptors (Lipinski definition) is 6. The van der Waals surface area contributed by atoms with Gasteiger partial charge in [-0.3, -0.25) is 14.5 Å². The summed E-state index contributed by atoms with van der Waals surface area (Å²) in [6.45, 7) is 6.13. The van der Waals surface area contributed by atoms with Gasteiger partial charge in [0.1, 0.15) is 6.04 Å². The van der Waals surface area contributed by atoms with Crippen LogP contribution in [0.2, 0.25) is 0 Å². The van der Waals surface area contributed by atoms with Crippen molar-refractivity contribution >= 4 is 17.8 Å². The molecule has 2 aliphatic heterocycles. The maximum atomic E-state index is 13.7. The van der Waals surface area contributed by atoms with E-state index in [1.54, 1.807) is 25.5 Å². The average Bonchev–Trinajstić information content (AvgIpc) is 2.84. The molecule has 0 bridgehead atoms. The number of likely N-dealkylation sites (N-methyl/N-ethyl adjacent to an activating group) is 1. The maximum absolute atomic E-state index is 13.7. The highest BCUT2D eigenvalue weighted by Crippen LogP contribution is 2.35. The van der Waals surface area contributed by atoms with Crippen LogP contribution in [0.3, 0.4) is 0 Å². The Kier molecular flexibility index (Phi) is 6.69. The maximum Gasteiger partial charge on any atom is 0.243 e. The second kappa shape index (κ2) is 9.65. The van der Waals surface area contributed by atoms with Crippen molar-refractivity contribution in [3.63, 3.8) is 0 Å². The molecule has 2 aromatic rings. The lowest BCUT2D eigenvalue weighted by atomic mass is 9.78. The normalized spacial score (nSPS) is 21.2. The molecule has 0 radical (unpaired) electrons. The Labute approximate surface area is 189 Å². The summed E-state index contributed by atoms with van der Waals surface area (Å²) in [6, 6.07) is 11.6. The minimum absolute atomic E-state index is 0.0825. The number of piperidine rings is 1. The molecule has 32 heavy (non-hydrogen) atoms. The number of carbonyl (C=O) groups excluding carboxylic acids is 2. The third-order valence-corrected chi connectivity index (χ3v) is 6.74. The molecular formula is C24H32N6O2. The van der Waals surface area contributed by atoms with Crippen molar-refractivity contribution in [1.29, 1.82) is 0 Å². The molecule has 8 heteroatoms. The molecule has 0 spiro atoms. The number of aromatic nitrogens is 2. The highest BCUT2D eigenvalue weighted by atomic mass is 16.2. The summed E-state index contributed by atoms with van der Waals surface area (Å²) in [6.07, 6.45) is 4.91. The Morgan fingerprint density at radius 3 is 2.38 bits per heavy atom. The quantitative estimate of drug-likeness (QED) is 0.766. The lowest BCUT2D eigenvalue weighted by Gasteiger charge is -2.46.